The van der Waals surface area contributed by atoms with E-state index in [1.807, 2.05) is 0 Å². The molecular formula is C20H13Cl2F2N5O4. The van der Waals surface area contributed by atoms with Gasteiger partial charge in [0.05, 0.1) is 27.4 Å². The van der Waals surface area contributed by atoms with Crippen molar-refractivity contribution in [1.29, 1.82) is 0 Å². The highest BCUT2D eigenvalue weighted by molar-refractivity contribution is 6.37. The summed E-state index contributed by atoms with van der Waals surface area (Å²) in [5.74, 6) is -1.52. The van der Waals surface area contributed by atoms with Crippen LogP contribution in [-0.2, 0) is 5.54 Å². The molecule has 1 saturated carbocycles. The first-order chi connectivity index (χ1) is 15.8. The summed E-state index contributed by atoms with van der Waals surface area (Å²) in [5.41, 5.74) is 0.0298. The van der Waals surface area contributed by atoms with Gasteiger partial charge in [-0.25, -0.2) is 18.6 Å². The van der Waals surface area contributed by atoms with Crippen molar-refractivity contribution >= 4 is 45.8 Å². The number of halogens is 4. The van der Waals surface area contributed by atoms with E-state index in [4.69, 9.17) is 27.9 Å². The number of fused-ring (bicyclic) bond motifs is 1. The topological polar surface area (TPSA) is 115 Å². The van der Waals surface area contributed by atoms with E-state index >= 15 is 0 Å². The predicted molar refractivity (Wildman–Crippen MR) is 115 cm³/mol. The number of hydrogen-bond acceptors (Lipinski definition) is 6. The van der Waals surface area contributed by atoms with E-state index in [0.29, 0.717) is 29.6 Å². The van der Waals surface area contributed by atoms with Gasteiger partial charge in [0.15, 0.2) is 5.75 Å². The molecule has 9 nitrogen and oxygen atoms in total. The van der Waals surface area contributed by atoms with Gasteiger partial charge in [0.25, 0.3) is 12.3 Å². The van der Waals surface area contributed by atoms with Crippen molar-refractivity contribution in [1.82, 2.24) is 19.7 Å². The maximum absolute atomic E-state index is 13.6. The van der Waals surface area contributed by atoms with Crippen LogP contribution in [0.2, 0.25) is 10.0 Å². The maximum atomic E-state index is 13.6. The number of alkyl halides is 2. The molecule has 2 aromatic heterocycles. The zero-order valence-corrected chi connectivity index (χ0v) is 18.0. The molecule has 1 fully saturated rings. The van der Waals surface area contributed by atoms with E-state index in [9.17, 15) is 18.4 Å². The summed E-state index contributed by atoms with van der Waals surface area (Å²) in [6.07, 6.45) is -0.364. The Hall–Kier alpha value is -3.44. The summed E-state index contributed by atoms with van der Waals surface area (Å²) in [5, 5.41) is 5.91. The Kier molecular flexibility index (Phi) is 5.09. The summed E-state index contributed by atoms with van der Waals surface area (Å²) < 4.78 is 38.8. The zero-order chi connectivity index (χ0) is 23.3. The summed E-state index contributed by atoms with van der Waals surface area (Å²) in [6, 6.07) is 7.63. The number of anilines is 1. The molecule has 0 saturated heterocycles. The molecule has 0 radical (unpaired) electrons. The molecule has 0 spiro atoms. The minimum atomic E-state index is -2.51. The van der Waals surface area contributed by atoms with Gasteiger partial charge in [0.2, 0.25) is 5.82 Å². The van der Waals surface area contributed by atoms with Crippen LogP contribution in [0.25, 0.3) is 11.0 Å². The van der Waals surface area contributed by atoms with Crippen molar-refractivity contribution in [3.8, 4) is 11.5 Å². The second-order valence-corrected chi connectivity index (χ2v) is 8.25. The molecule has 0 unspecified atom stereocenters. The van der Waals surface area contributed by atoms with Crippen molar-refractivity contribution < 1.29 is 22.8 Å². The minimum absolute atomic E-state index is 0.0753. The number of carbonyl (C=O) groups excluding carboxylic acids is 1. The van der Waals surface area contributed by atoms with Crippen molar-refractivity contribution in [3.05, 3.63) is 63.1 Å². The van der Waals surface area contributed by atoms with E-state index in [0.717, 1.165) is 0 Å². The Morgan fingerprint density at radius 3 is 2.58 bits per heavy atom. The van der Waals surface area contributed by atoms with Crippen LogP contribution in [0.15, 0.2) is 46.0 Å². The number of imidazole rings is 1. The molecule has 1 amide bonds. The lowest BCUT2D eigenvalue weighted by Crippen LogP contribution is -2.24. The Bertz CT molecular complexity index is 1420. The van der Waals surface area contributed by atoms with Gasteiger partial charge in [0, 0.05) is 11.8 Å². The van der Waals surface area contributed by atoms with Crippen LogP contribution in [0.5, 0.6) is 11.5 Å². The number of aromatic amines is 1. The predicted octanol–water partition coefficient (Wildman–Crippen LogP) is 4.82. The lowest BCUT2D eigenvalue weighted by molar-refractivity contribution is 0.0691. The van der Waals surface area contributed by atoms with Gasteiger partial charge < -0.3 is 14.6 Å². The number of H-pyrrole nitrogens is 1. The van der Waals surface area contributed by atoms with Gasteiger partial charge in [-0.05, 0) is 42.3 Å². The normalized spacial score (nSPS) is 14.6. The molecule has 13 heteroatoms. The number of carbonyl (C=O) groups is 1. The molecule has 2 heterocycles. The third kappa shape index (κ3) is 3.83. The molecular weight excluding hydrogens is 483 g/mol. The van der Waals surface area contributed by atoms with Gasteiger partial charge in [0.1, 0.15) is 11.3 Å². The number of amides is 1. The highest BCUT2D eigenvalue weighted by Gasteiger charge is 2.53. The Morgan fingerprint density at radius 2 is 1.97 bits per heavy atom. The number of benzene rings is 2. The van der Waals surface area contributed by atoms with Gasteiger partial charge >= 0.3 is 5.76 Å². The molecule has 5 rings (SSSR count). The first kappa shape index (κ1) is 21.4. The molecule has 1 aliphatic carbocycles. The molecule has 33 heavy (non-hydrogen) atoms. The smallest absolute Gasteiger partial charge is 0.439 e. The van der Waals surface area contributed by atoms with Gasteiger partial charge in [-0.3, -0.25) is 14.3 Å². The number of aromatic nitrogens is 4. The average Bonchev–Trinajstić information content (AvgIpc) is 3.28. The van der Waals surface area contributed by atoms with Crippen LogP contribution in [0.1, 0.15) is 23.5 Å². The highest BCUT2D eigenvalue weighted by Crippen LogP contribution is 2.50. The molecule has 1 aliphatic rings. The quantitative estimate of drug-likeness (QED) is 0.396. The van der Waals surface area contributed by atoms with Gasteiger partial charge in [-0.2, -0.15) is 0 Å². The number of rotatable bonds is 6. The first-order valence-corrected chi connectivity index (χ1v) is 10.3. The van der Waals surface area contributed by atoms with Crippen LogP contribution < -0.4 is 15.8 Å². The molecule has 0 aliphatic heterocycles. The first-order valence-electron chi connectivity index (χ1n) is 9.57. The molecule has 0 atom stereocenters. The fourth-order valence-electron chi connectivity index (χ4n) is 3.46. The van der Waals surface area contributed by atoms with E-state index in [-0.39, 0.29) is 27.3 Å². The standard InChI is InChI=1S/C20H13Cl2F2N5O4/c21-11-5-9(26-17(30)16-27-19(31)33-28-16)6-12(22)15(11)32-10-1-2-13-14(7-10)29(8-25-13)20(3-4-20)18(23)24/h1-2,5-8,18H,3-4H2,(H,26,30)(H,27,28,31). The lowest BCUT2D eigenvalue weighted by Gasteiger charge is -2.17. The Labute approximate surface area is 193 Å². The molecule has 4 aromatic rings. The van der Waals surface area contributed by atoms with E-state index in [1.165, 1.54) is 23.0 Å². The van der Waals surface area contributed by atoms with Crippen LogP contribution >= 0.6 is 23.2 Å². The van der Waals surface area contributed by atoms with Crippen molar-refractivity contribution in [2.75, 3.05) is 5.32 Å². The fourth-order valence-corrected chi connectivity index (χ4v) is 4.03. The average molecular weight is 496 g/mol. The summed E-state index contributed by atoms with van der Waals surface area (Å²) in [4.78, 5) is 29.4. The third-order valence-electron chi connectivity index (χ3n) is 5.30. The van der Waals surface area contributed by atoms with Crippen molar-refractivity contribution in [3.63, 3.8) is 0 Å². The zero-order valence-electron chi connectivity index (χ0n) is 16.4. The van der Waals surface area contributed by atoms with Crippen molar-refractivity contribution in [2.24, 2.45) is 0 Å². The summed E-state index contributed by atoms with van der Waals surface area (Å²) >= 11 is 12.6. The number of nitrogens with zero attached hydrogens (tertiary/aromatic N) is 3. The monoisotopic (exact) mass is 495 g/mol. The third-order valence-corrected chi connectivity index (χ3v) is 5.86. The second kappa shape index (κ2) is 7.85. The van der Waals surface area contributed by atoms with Gasteiger partial charge in [-0.1, -0.05) is 23.2 Å². The number of nitrogens with one attached hydrogen (secondary N) is 2. The SMILES string of the molecule is O=C(Nc1cc(Cl)c(Oc2ccc3ncn(C4(C(F)F)CC4)c3c2)c(Cl)c1)c1noc(=O)[nH]1. The van der Waals surface area contributed by atoms with Gasteiger partial charge in [-0.15, -0.1) is 0 Å². The lowest BCUT2D eigenvalue weighted by atomic mass is 10.2. The van der Waals surface area contributed by atoms with Crippen LogP contribution in [0.3, 0.4) is 0 Å². The molecule has 2 N–H and O–H groups in total. The fraction of sp³-hybridized carbons (Fsp3) is 0.200. The number of hydrogen-bond donors (Lipinski definition) is 2. The second-order valence-electron chi connectivity index (χ2n) is 7.44. The molecule has 0 bridgehead atoms. The largest absolute Gasteiger partial charge is 0.454 e. The Morgan fingerprint density at radius 1 is 1.24 bits per heavy atom. The minimum Gasteiger partial charge on any atom is -0.454 e. The highest BCUT2D eigenvalue weighted by atomic mass is 35.5. The van der Waals surface area contributed by atoms with Crippen molar-refractivity contribution in [2.45, 2.75) is 24.8 Å². The Balaban J connectivity index is 1.41. The van der Waals surface area contributed by atoms with E-state index in [2.05, 4.69) is 25.0 Å². The van der Waals surface area contributed by atoms with E-state index < -0.39 is 23.6 Å². The number of ether oxygens (including phenoxy) is 1. The molecule has 170 valence electrons. The van der Waals surface area contributed by atoms with Crippen LogP contribution in [0, 0.1) is 0 Å². The van der Waals surface area contributed by atoms with E-state index in [1.54, 1.807) is 18.2 Å². The van der Waals surface area contributed by atoms with Crippen LogP contribution in [-0.4, -0.2) is 32.0 Å². The summed E-state index contributed by atoms with van der Waals surface area (Å²) in [7, 11) is 0. The molecule has 2 aromatic carbocycles. The summed E-state index contributed by atoms with van der Waals surface area (Å²) in [6.45, 7) is 0. The maximum Gasteiger partial charge on any atom is 0.439 e. The van der Waals surface area contributed by atoms with Crippen LogP contribution in [0.4, 0.5) is 14.5 Å².